The number of halogens is 1. The van der Waals surface area contributed by atoms with Gasteiger partial charge in [0.25, 0.3) is 17.1 Å². The molecule has 4 rings (SSSR count). The van der Waals surface area contributed by atoms with Crippen LogP contribution in [-0.2, 0) is 16.9 Å². The molecule has 0 bridgehead atoms. The summed E-state index contributed by atoms with van der Waals surface area (Å²) in [6.07, 6.45) is 0.834. The van der Waals surface area contributed by atoms with E-state index in [0.29, 0.717) is 18.1 Å². The second-order valence-corrected chi connectivity index (χ2v) is 9.01. The lowest BCUT2D eigenvalue weighted by Crippen LogP contribution is -1.99. The Hall–Kier alpha value is -5.78. The Morgan fingerprint density at radius 2 is 1.20 bits per heavy atom. The number of hydrogen-bond acceptors (Lipinski definition) is 13. The number of alkyl halides is 1. The quantitative estimate of drug-likeness (QED) is 0.0509. The molecule has 3 N–H and O–H groups in total. The number of phenolic OH excluding ortho intramolecular Hbond substituents is 1. The number of rotatable bonds is 11. The van der Waals surface area contributed by atoms with Gasteiger partial charge in [-0.05, 0) is 47.5 Å². The third-order valence-electron chi connectivity index (χ3n) is 5.49. The third-order valence-corrected chi connectivity index (χ3v) is 6.14. The van der Waals surface area contributed by atoms with Gasteiger partial charge in [0.1, 0.15) is 18.1 Å². The number of non-ortho nitro benzene ring substituents is 3. The maximum Gasteiger partial charge on any atom is 0.270 e. The lowest BCUT2D eigenvalue weighted by atomic mass is 10.2. The lowest BCUT2D eigenvalue weighted by Gasteiger charge is -2.08. The van der Waals surface area contributed by atoms with Crippen molar-refractivity contribution >= 4 is 51.3 Å². The Morgan fingerprint density at radius 1 is 0.711 bits per heavy atom. The summed E-state index contributed by atoms with van der Waals surface area (Å²) in [6, 6.07) is 20.2. The molecule has 0 unspecified atom stereocenters. The van der Waals surface area contributed by atoms with Crippen LogP contribution in [0.3, 0.4) is 0 Å². The minimum Gasteiger partial charge on any atom is -0.507 e. The van der Waals surface area contributed by atoms with Gasteiger partial charge in [-0.15, -0.1) is 4.99 Å². The molecule has 0 aromatic heterocycles. The highest BCUT2D eigenvalue weighted by atomic mass is 79.9. The summed E-state index contributed by atoms with van der Waals surface area (Å²) in [5.74, 6) is -0.0467. The van der Waals surface area contributed by atoms with Crippen molar-refractivity contribution < 1.29 is 44.4 Å². The molecule has 45 heavy (non-hydrogen) atoms. The second kappa shape index (κ2) is 18.0. The van der Waals surface area contributed by atoms with Crippen molar-refractivity contribution in [2.75, 3.05) is 5.48 Å². The SMILES string of the molecule is O=Cc1cc([N+](=O)[O-])ccc1O.O=Cc1cc([N+](=O)[O-])ccc1OCc1ccc([N+](=O)[O-])cc1.OONc1ccc(CBr)cc1. The Kier molecular flexibility index (Phi) is 14.2. The van der Waals surface area contributed by atoms with Crippen molar-refractivity contribution in [2.45, 2.75) is 11.9 Å². The van der Waals surface area contributed by atoms with Crippen molar-refractivity contribution in [1.82, 2.24) is 0 Å². The molecular weight excluding hydrogens is 664 g/mol. The number of anilines is 1. The van der Waals surface area contributed by atoms with E-state index in [2.05, 4.69) is 26.4 Å². The van der Waals surface area contributed by atoms with Gasteiger partial charge in [-0.1, -0.05) is 28.1 Å². The molecule has 234 valence electrons. The molecule has 0 spiro atoms. The maximum absolute atomic E-state index is 11.0. The largest absolute Gasteiger partial charge is 0.507 e. The van der Waals surface area contributed by atoms with Crippen LogP contribution in [0.1, 0.15) is 31.8 Å². The first-order chi connectivity index (χ1) is 21.5. The molecule has 4 aromatic carbocycles. The number of nitro groups is 3. The zero-order chi connectivity index (χ0) is 33.4. The van der Waals surface area contributed by atoms with Gasteiger partial charge in [0.2, 0.25) is 0 Å². The number of carbonyl (C=O) groups is 2. The van der Waals surface area contributed by atoms with E-state index >= 15 is 0 Å². The van der Waals surface area contributed by atoms with E-state index in [-0.39, 0.29) is 46.3 Å². The van der Waals surface area contributed by atoms with Crippen LogP contribution in [0.15, 0.2) is 84.9 Å². The topological polar surface area (TPSA) is 235 Å². The first-order valence-corrected chi connectivity index (χ1v) is 13.4. The molecule has 0 aliphatic heterocycles. The molecule has 0 heterocycles. The van der Waals surface area contributed by atoms with Crippen LogP contribution in [0.4, 0.5) is 22.7 Å². The van der Waals surface area contributed by atoms with Crippen LogP contribution in [0.5, 0.6) is 11.5 Å². The maximum atomic E-state index is 11.0. The molecule has 0 aliphatic carbocycles. The number of ether oxygens (including phenoxy) is 1. The zero-order valence-corrected chi connectivity index (χ0v) is 24.4. The smallest absolute Gasteiger partial charge is 0.270 e. The fourth-order valence-corrected chi connectivity index (χ4v) is 3.59. The number of aromatic hydroxyl groups is 1. The summed E-state index contributed by atoms with van der Waals surface area (Å²) < 4.78 is 5.43. The van der Waals surface area contributed by atoms with Gasteiger partial charge in [-0.2, -0.15) is 0 Å². The van der Waals surface area contributed by atoms with Gasteiger partial charge in [0, 0.05) is 41.7 Å². The molecule has 0 saturated carbocycles. The van der Waals surface area contributed by atoms with E-state index in [9.17, 15) is 39.9 Å². The van der Waals surface area contributed by atoms with Gasteiger partial charge in [0.15, 0.2) is 12.6 Å². The molecular formula is C28H23BrN4O12. The molecule has 0 fully saturated rings. The summed E-state index contributed by atoms with van der Waals surface area (Å²) in [4.78, 5) is 54.5. The Labute approximate surface area is 261 Å². The van der Waals surface area contributed by atoms with Crippen LogP contribution in [0.25, 0.3) is 0 Å². The summed E-state index contributed by atoms with van der Waals surface area (Å²) in [5, 5.41) is 49.2. The highest BCUT2D eigenvalue weighted by Crippen LogP contribution is 2.24. The Balaban J connectivity index is 0.000000259. The van der Waals surface area contributed by atoms with E-state index in [1.165, 1.54) is 42.0 Å². The predicted octanol–water partition coefficient (Wildman–Crippen LogP) is 6.41. The van der Waals surface area contributed by atoms with Gasteiger partial charge in [-0.25, -0.2) is 10.7 Å². The Morgan fingerprint density at radius 3 is 1.69 bits per heavy atom. The summed E-state index contributed by atoms with van der Waals surface area (Å²) in [5.41, 5.74) is 4.40. The standard InChI is InChI=1S/C14H10N2O6.C7H8BrNO2.C7H5NO4/c17-8-11-7-13(16(20)21)5-6-14(11)22-9-10-1-3-12(4-2-10)15(18)19;8-5-6-1-3-7(4-2-6)9-11-10;9-4-5-3-6(8(11)12)1-2-7(5)10/h1-8H,9H2;1-4,9-10H,5H2;1-4,10H. The molecule has 17 heteroatoms. The van der Waals surface area contributed by atoms with Crippen LogP contribution in [0, 0.1) is 30.3 Å². The second-order valence-electron chi connectivity index (χ2n) is 8.45. The average molecular weight is 687 g/mol. The Bertz CT molecular complexity index is 1630. The van der Waals surface area contributed by atoms with Gasteiger partial charge < -0.3 is 9.84 Å². The van der Waals surface area contributed by atoms with E-state index < -0.39 is 14.8 Å². The van der Waals surface area contributed by atoms with E-state index in [0.717, 1.165) is 35.3 Å². The monoisotopic (exact) mass is 686 g/mol. The summed E-state index contributed by atoms with van der Waals surface area (Å²) in [6.45, 7) is 0.0800. The fourth-order valence-electron chi connectivity index (χ4n) is 3.21. The third kappa shape index (κ3) is 11.4. The van der Waals surface area contributed by atoms with E-state index in [4.69, 9.17) is 15.1 Å². The summed E-state index contributed by atoms with van der Waals surface area (Å²) in [7, 11) is 0. The van der Waals surface area contributed by atoms with Gasteiger partial charge in [0.05, 0.1) is 31.6 Å². The average Bonchev–Trinajstić information content (AvgIpc) is 3.05. The molecule has 0 radical (unpaired) electrons. The predicted molar refractivity (Wildman–Crippen MR) is 162 cm³/mol. The number of nitrogens with zero attached hydrogens (tertiary/aromatic N) is 3. The van der Waals surface area contributed by atoms with Crippen LogP contribution < -0.4 is 10.2 Å². The number of hydrogen-bond donors (Lipinski definition) is 3. The molecule has 4 aromatic rings. The number of carbonyl (C=O) groups excluding carboxylic acids is 2. The van der Waals surface area contributed by atoms with E-state index in [1.807, 2.05) is 24.3 Å². The van der Waals surface area contributed by atoms with Crippen molar-refractivity contribution in [3.05, 3.63) is 138 Å². The van der Waals surface area contributed by atoms with Crippen molar-refractivity contribution in [3.63, 3.8) is 0 Å². The number of benzene rings is 4. The molecule has 0 aliphatic rings. The molecule has 0 saturated heterocycles. The fraction of sp³-hybridized carbons (Fsp3) is 0.0714. The molecule has 16 nitrogen and oxygen atoms in total. The van der Waals surface area contributed by atoms with Crippen LogP contribution >= 0.6 is 15.9 Å². The zero-order valence-electron chi connectivity index (χ0n) is 22.8. The highest BCUT2D eigenvalue weighted by Gasteiger charge is 2.12. The summed E-state index contributed by atoms with van der Waals surface area (Å²) >= 11 is 3.32. The molecule has 0 atom stereocenters. The number of phenols is 1. The minimum atomic E-state index is -0.633. The normalized spacial score (nSPS) is 9.73. The van der Waals surface area contributed by atoms with E-state index in [1.54, 1.807) is 0 Å². The lowest BCUT2D eigenvalue weighted by molar-refractivity contribution is -0.385. The van der Waals surface area contributed by atoms with Gasteiger partial charge >= 0.3 is 0 Å². The van der Waals surface area contributed by atoms with Crippen molar-refractivity contribution in [3.8, 4) is 11.5 Å². The highest BCUT2D eigenvalue weighted by molar-refractivity contribution is 9.08. The number of nitro benzene ring substituents is 3. The van der Waals surface area contributed by atoms with Crippen molar-refractivity contribution in [2.24, 2.45) is 0 Å². The first kappa shape index (κ1) is 35.4. The number of aldehydes is 2. The van der Waals surface area contributed by atoms with Crippen LogP contribution in [0.2, 0.25) is 0 Å². The van der Waals surface area contributed by atoms with Crippen LogP contribution in [-0.4, -0.2) is 37.7 Å². The number of nitrogens with one attached hydrogen (secondary N) is 1. The van der Waals surface area contributed by atoms with Gasteiger partial charge in [-0.3, -0.25) is 39.9 Å². The first-order valence-electron chi connectivity index (χ1n) is 12.3. The minimum absolute atomic E-state index is 0.0346. The van der Waals surface area contributed by atoms with Crippen molar-refractivity contribution in [1.29, 1.82) is 0 Å². The molecule has 0 amide bonds.